The zero-order chi connectivity index (χ0) is 12.3. The zero-order valence-corrected chi connectivity index (χ0v) is 11.4. The molecule has 3 rings (SSSR count). The van der Waals surface area contributed by atoms with Crippen LogP contribution in [0.25, 0.3) is 0 Å². The number of aromatic nitrogens is 1. The van der Waals surface area contributed by atoms with Crippen molar-refractivity contribution >= 4 is 16.9 Å². The maximum Gasteiger partial charge on any atom is 0.157 e. The summed E-state index contributed by atoms with van der Waals surface area (Å²) in [6, 6.07) is 4.04. The number of thioether (sulfide) groups is 1. The molecule has 0 unspecified atom stereocenters. The summed E-state index contributed by atoms with van der Waals surface area (Å²) in [5, 5.41) is 4.79. The van der Waals surface area contributed by atoms with Crippen molar-refractivity contribution in [3.05, 3.63) is 30.1 Å². The van der Waals surface area contributed by atoms with Gasteiger partial charge in [-0.2, -0.15) is 0 Å². The lowest BCUT2D eigenvalue weighted by Crippen LogP contribution is -2.45. The van der Waals surface area contributed by atoms with Gasteiger partial charge in [0.1, 0.15) is 0 Å². The molecule has 1 saturated carbocycles. The fraction of sp³-hybridized carbons (Fsp3) is 0.571. The Hall–Kier alpha value is -1.03. The maximum atomic E-state index is 4.67. The average Bonchev–Trinajstić information content (AvgIpc) is 2.82. The van der Waals surface area contributed by atoms with Gasteiger partial charge in [0.15, 0.2) is 5.17 Å². The number of nitrogens with zero attached hydrogens (tertiary/aromatic N) is 2. The molecular weight excluding hydrogens is 242 g/mol. The van der Waals surface area contributed by atoms with Gasteiger partial charge >= 0.3 is 0 Å². The third-order valence-corrected chi connectivity index (χ3v) is 5.00. The zero-order valence-electron chi connectivity index (χ0n) is 10.6. The van der Waals surface area contributed by atoms with Gasteiger partial charge in [-0.25, -0.2) is 0 Å². The van der Waals surface area contributed by atoms with Gasteiger partial charge in [0, 0.05) is 23.7 Å². The van der Waals surface area contributed by atoms with Gasteiger partial charge in [0.25, 0.3) is 0 Å². The van der Waals surface area contributed by atoms with Crippen molar-refractivity contribution in [1.82, 2.24) is 10.3 Å². The lowest BCUT2D eigenvalue weighted by atomic mass is 9.83. The van der Waals surface area contributed by atoms with Gasteiger partial charge in [0.2, 0.25) is 0 Å². The molecule has 96 valence electrons. The lowest BCUT2D eigenvalue weighted by Gasteiger charge is -2.32. The van der Waals surface area contributed by atoms with Crippen LogP contribution in [0.4, 0.5) is 0 Å². The highest BCUT2D eigenvalue weighted by Gasteiger charge is 2.37. The molecule has 1 spiro atoms. The molecule has 4 heteroatoms. The van der Waals surface area contributed by atoms with Gasteiger partial charge in [0.05, 0.1) is 6.54 Å². The van der Waals surface area contributed by atoms with E-state index in [9.17, 15) is 0 Å². The molecule has 1 aliphatic heterocycles. The van der Waals surface area contributed by atoms with E-state index in [1.54, 1.807) is 6.20 Å². The highest BCUT2D eigenvalue weighted by atomic mass is 32.2. The molecule has 3 nitrogen and oxygen atoms in total. The SMILES string of the molecule is c1cncc(CN=C2NC3(CCCCC3)CS2)c1. The molecule has 0 aromatic carbocycles. The van der Waals surface area contributed by atoms with Crippen molar-refractivity contribution in [2.75, 3.05) is 5.75 Å². The van der Waals surface area contributed by atoms with E-state index >= 15 is 0 Å². The molecule has 1 aliphatic carbocycles. The Morgan fingerprint density at radius 3 is 3.00 bits per heavy atom. The van der Waals surface area contributed by atoms with Crippen LogP contribution < -0.4 is 5.32 Å². The monoisotopic (exact) mass is 261 g/mol. The van der Waals surface area contributed by atoms with Crippen LogP contribution in [0.5, 0.6) is 0 Å². The Balaban J connectivity index is 1.61. The maximum absolute atomic E-state index is 4.67. The largest absolute Gasteiger partial charge is 0.359 e. The molecule has 1 saturated heterocycles. The predicted molar refractivity (Wildman–Crippen MR) is 76.8 cm³/mol. The molecule has 0 atom stereocenters. The van der Waals surface area contributed by atoms with Crippen molar-refractivity contribution in [3.8, 4) is 0 Å². The second-order valence-corrected chi connectivity index (χ2v) is 6.20. The third-order valence-electron chi connectivity index (χ3n) is 3.80. The molecule has 1 aromatic rings. The fourth-order valence-electron chi connectivity index (χ4n) is 2.74. The number of pyridine rings is 1. The Bertz CT molecular complexity index is 424. The van der Waals surface area contributed by atoms with Crippen LogP contribution in [0.3, 0.4) is 0 Å². The van der Waals surface area contributed by atoms with Crippen LogP contribution in [0.1, 0.15) is 37.7 Å². The molecular formula is C14H19N3S. The molecule has 2 aliphatic rings. The van der Waals surface area contributed by atoms with Crippen molar-refractivity contribution in [2.45, 2.75) is 44.2 Å². The van der Waals surface area contributed by atoms with Crippen molar-refractivity contribution < 1.29 is 0 Å². The van der Waals surface area contributed by atoms with Gasteiger partial charge in [-0.1, -0.05) is 37.1 Å². The van der Waals surface area contributed by atoms with Crippen molar-refractivity contribution in [2.24, 2.45) is 4.99 Å². The average molecular weight is 261 g/mol. The summed E-state index contributed by atoms with van der Waals surface area (Å²) in [6.45, 7) is 0.735. The van der Waals surface area contributed by atoms with Crippen LogP contribution in [0.2, 0.25) is 0 Å². The fourth-order valence-corrected chi connectivity index (χ4v) is 3.96. The summed E-state index contributed by atoms with van der Waals surface area (Å²) in [5.41, 5.74) is 1.54. The molecule has 2 heterocycles. The third kappa shape index (κ3) is 2.69. The number of amidine groups is 1. The Morgan fingerprint density at radius 2 is 2.22 bits per heavy atom. The number of hydrogen-bond acceptors (Lipinski definition) is 3. The predicted octanol–water partition coefficient (Wildman–Crippen LogP) is 2.98. The van der Waals surface area contributed by atoms with E-state index < -0.39 is 0 Å². The van der Waals surface area contributed by atoms with E-state index in [2.05, 4.69) is 21.4 Å². The van der Waals surface area contributed by atoms with E-state index in [-0.39, 0.29) is 0 Å². The summed E-state index contributed by atoms with van der Waals surface area (Å²) in [7, 11) is 0. The summed E-state index contributed by atoms with van der Waals surface area (Å²) < 4.78 is 0. The van der Waals surface area contributed by atoms with Crippen molar-refractivity contribution in [3.63, 3.8) is 0 Å². The van der Waals surface area contributed by atoms with Gasteiger partial charge < -0.3 is 5.32 Å². The van der Waals surface area contributed by atoms with E-state index in [4.69, 9.17) is 0 Å². The van der Waals surface area contributed by atoms with Crippen LogP contribution in [-0.4, -0.2) is 21.4 Å². The molecule has 2 fully saturated rings. The quantitative estimate of drug-likeness (QED) is 0.889. The molecule has 0 amide bonds. The van der Waals surface area contributed by atoms with E-state index in [1.165, 1.54) is 43.4 Å². The van der Waals surface area contributed by atoms with E-state index in [0.29, 0.717) is 5.54 Å². The number of hydrogen-bond donors (Lipinski definition) is 1. The summed E-state index contributed by atoms with van der Waals surface area (Å²) in [5.74, 6) is 1.19. The first-order valence-electron chi connectivity index (χ1n) is 6.71. The minimum absolute atomic E-state index is 0.358. The summed E-state index contributed by atoms with van der Waals surface area (Å²) in [4.78, 5) is 8.79. The molecule has 18 heavy (non-hydrogen) atoms. The summed E-state index contributed by atoms with van der Waals surface area (Å²) in [6.07, 6.45) is 10.4. The van der Waals surface area contributed by atoms with Crippen LogP contribution in [0.15, 0.2) is 29.5 Å². The highest BCUT2D eigenvalue weighted by Crippen LogP contribution is 2.36. The first kappa shape index (κ1) is 12.0. The second-order valence-electron chi connectivity index (χ2n) is 5.24. The van der Waals surface area contributed by atoms with E-state index in [0.717, 1.165) is 11.7 Å². The Kier molecular flexibility index (Phi) is 3.55. The first-order valence-corrected chi connectivity index (χ1v) is 7.69. The van der Waals surface area contributed by atoms with Gasteiger partial charge in [-0.3, -0.25) is 9.98 Å². The number of rotatable bonds is 2. The standard InChI is InChI=1S/C14H19N3S/c1-2-6-14(7-3-1)11-18-13(17-14)16-10-12-5-4-8-15-9-12/h4-5,8-9H,1-3,6-7,10-11H2,(H,16,17). The first-order chi connectivity index (χ1) is 8.86. The van der Waals surface area contributed by atoms with Crippen LogP contribution >= 0.6 is 11.8 Å². The minimum Gasteiger partial charge on any atom is -0.359 e. The molecule has 1 aromatic heterocycles. The van der Waals surface area contributed by atoms with E-state index in [1.807, 2.05) is 24.0 Å². The number of aliphatic imine (C=N–C) groups is 1. The molecule has 0 bridgehead atoms. The van der Waals surface area contributed by atoms with Crippen LogP contribution in [0, 0.1) is 0 Å². The Labute approximate surface area is 112 Å². The second kappa shape index (κ2) is 5.31. The normalized spacial score (nSPS) is 24.3. The van der Waals surface area contributed by atoms with Crippen molar-refractivity contribution in [1.29, 1.82) is 0 Å². The lowest BCUT2D eigenvalue weighted by molar-refractivity contribution is 0.303. The molecule has 0 radical (unpaired) electrons. The Morgan fingerprint density at radius 1 is 1.33 bits per heavy atom. The van der Waals surface area contributed by atoms with Gasteiger partial charge in [-0.05, 0) is 24.5 Å². The topological polar surface area (TPSA) is 37.3 Å². The van der Waals surface area contributed by atoms with Crippen LogP contribution in [-0.2, 0) is 6.54 Å². The molecule has 1 N–H and O–H groups in total. The highest BCUT2D eigenvalue weighted by molar-refractivity contribution is 8.14. The van der Waals surface area contributed by atoms with Gasteiger partial charge in [-0.15, -0.1) is 0 Å². The smallest absolute Gasteiger partial charge is 0.157 e. The number of nitrogens with one attached hydrogen (secondary N) is 1. The summed E-state index contributed by atoms with van der Waals surface area (Å²) >= 11 is 1.89. The minimum atomic E-state index is 0.358.